The molecule has 1 aliphatic carbocycles. The molecule has 1 aromatic carbocycles. The van der Waals surface area contributed by atoms with E-state index in [9.17, 15) is 9.36 Å². The van der Waals surface area contributed by atoms with Gasteiger partial charge in [0.2, 0.25) is 0 Å². The van der Waals surface area contributed by atoms with Gasteiger partial charge in [-0.15, -0.1) is 0 Å². The standard InChI is InChI=1S/C17H25O5P/c1-16(2)7-8-17(3,4)14-10-15(12(11-18)9-13(14)16)22-23(19,20-5)21-6/h9-11H,7-8H2,1-6H3. The number of aldehydes is 1. The van der Waals surface area contributed by atoms with Crippen LogP contribution in [-0.2, 0) is 24.4 Å². The zero-order chi connectivity index (χ0) is 17.5. The van der Waals surface area contributed by atoms with Crippen molar-refractivity contribution in [3.63, 3.8) is 0 Å². The maximum absolute atomic E-state index is 12.3. The van der Waals surface area contributed by atoms with Gasteiger partial charge in [-0.25, -0.2) is 4.57 Å². The van der Waals surface area contributed by atoms with E-state index >= 15 is 0 Å². The van der Waals surface area contributed by atoms with Crippen LogP contribution < -0.4 is 4.52 Å². The minimum absolute atomic E-state index is 0.0205. The van der Waals surface area contributed by atoms with E-state index in [1.807, 2.05) is 12.1 Å². The summed E-state index contributed by atoms with van der Waals surface area (Å²) in [6.07, 6.45) is 2.78. The van der Waals surface area contributed by atoms with Crippen LogP contribution in [0, 0.1) is 0 Å². The highest BCUT2D eigenvalue weighted by atomic mass is 31.2. The van der Waals surface area contributed by atoms with E-state index in [4.69, 9.17) is 13.6 Å². The molecule has 0 fully saturated rings. The van der Waals surface area contributed by atoms with Crippen molar-refractivity contribution in [1.82, 2.24) is 0 Å². The quantitative estimate of drug-likeness (QED) is 0.578. The molecule has 1 aromatic rings. The second kappa shape index (κ2) is 6.04. The SMILES string of the molecule is COP(=O)(OC)Oc1cc2c(cc1C=O)C(C)(C)CCC2(C)C. The van der Waals surface area contributed by atoms with Crippen molar-refractivity contribution in [3.05, 3.63) is 28.8 Å². The molecule has 1 aliphatic rings. The predicted octanol–water partition coefficient (Wildman–Crippen LogP) is 4.63. The van der Waals surface area contributed by atoms with Gasteiger partial charge in [-0.3, -0.25) is 13.8 Å². The number of carbonyl (C=O) groups excluding carboxylic acids is 1. The van der Waals surface area contributed by atoms with Gasteiger partial charge in [-0.1, -0.05) is 27.7 Å². The Balaban J connectivity index is 2.63. The Morgan fingerprint density at radius 2 is 1.48 bits per heavy atom. The third kappa shape index (κ3) is 3.37. The molecular weight excluding hydrogens is 315 g/mol. The van der Waals surface area contributed by atoms with Gasteiger partial charge in [0.1, 0.15) is 5.75 Å². The zero-order valence-electron chi connectivity index (χ0n) is 14.6. The molecule has 2 rings (SSSR count). The second-order valence-corrected chi connectivity index (χ2v) is 9.03. The molecular formula is C17H25O5P. The number of benzene rings is 1. The minimum Gasteiger partial charge on any atom is -0.403 e. The van der Waals surface area contributed by atoms with Gasteiger partial charge in [0.15, 0.2) is 6.29 Å². The lowest BCUT2D eigenvalue weighted by Gasteiger charge is -2.42. The van der Waals surface area contributed by atoms with Gasteiger partial charge in [0.05, 0.1) is 5.56 Å². The van der Waals surface area contributed by atoms with Gasteiger partial charge < -0.3 is 4.52 Å². The second-order valence-electron chi connectivity index (χ2n) is 7.22. The van der Waals surface area contributed by atoms with Gasteiger partial charge in [0.25, 0.3) is 0 Å². The molecule has 0 aromatic heterocycles. The number of phosphoric ester groups is 1. The lowest BCUT2D eigenvalue weighted by atomic mass is 9.63. The Hall–Kier alpha value is -1.16. The van der Waals surface area contributed by atoms with E-state index in [2.05, 4.69) is 27.7 Å². The van der Waals surface area contributed by atoms with E-state index < -0.39 is 7.82 Å². The van der Waals surface area contributed by atoms with Crippen LogP contribution in [0.3, 0.4) is 0 Å². The van der Waals surface area contributed by atoms with Crippen molar-refractivity contribution in [3.8, 4) is 5.75 Å². The molecule has 0 aliphatic heterocycles. The fraction of sp³-hybridized carbons (Fsp3) is 0.588. The summed E-state index contributed by atoms with van der Waals surface area (Å²) in [6.45, 7) is 8.67. The molecule has 0 atom stereocenters. The molecule has 0 bridgehead atoms. The predicted molar refractivity (Wildman–Crippen MR) is 89.4 cm³/mol. The van der Waals surface area contributed by atoms with E-state index in [1.165, 1.54) is 14.2 Å². The molecule has 6 heteroatoms. The van der Waals surface area contributed by atoms with Gasteiger partial charge in [-0.2, -0.15) is 0 Å². The average molecular weight is 340 g/mol. The van der Waals surface area contributed by atoms with Gasteiger partial charge in [0, 0.05) is 14.2 Å². The lowest BCUT2D eigenvalue weighted by molar-refractivity contribution is 0.112. The number of hydrogen-bond acceptors (Lipinski definition) is 5. The normalized spacial score (nSPS) is 19.0. The molecule has 23 heavy (non-hydrogen) atoms. The minimum atomic E-state index is -3.71. The largest absolute Gasteiger partial charge is 0.529 e. The van der Waals surface area contributed by atoms with E-state index in [0.717, 1.165) is 24.0 Å². The van der Waals surface area contributed by atoms with Crippen molar-refractivity contribution in [2.45, 2.75) is 51.4 Å². The summed E-state index contributed by atoms with van der Waals surface area (Å²) >= 11 is 0. The molecule has 0 radical (unpaired) electrons. The van der Waals surface area contributed by atoms with Gasteiger partial charge >= 0.3 is 7.82 Å². The molecule has 0 saturated heterocycles. The Bertz CT molecular complexity index is 655. The molecule has 0 saturated carbocycles. The molecule has 0 unspecified atom stereocenters. The molecule has 128 valence electrons. The number of carbonyl (C=O) groups is 1. The smallest absolute Gasteiger partial charge is 0.403 e. The zero-order valence-corrected chi connectivity index (χ0v) is 15.5. The first kappa shape index (κ1) is 18.2. The van der Waals surface area contributed by atoms with Crippen LogP contribution >= 0.6 is 7.82 Å². The topological polar surface area (TPSA) is 61.8 Å². The van der Waals surface area contributed by atoms with Crippen LogP contribution in [0.25, 0.3) is 0 Å². The van der Waals surface area contributed by atoms with Crippen LogP contribution in [-0.4, -0.2) is 20.5 Å². The Morgan fingerprint density at radius 3 is 1.91 bits per heavy atom. The number of rotatable bonds is 5. The van der Waals surface area contributed by atoms with Crippen molar-refractivity contribution in [2.75, 3.05) is 14.2 Å². The van der Waals surface area contributed by atoms with Crippen molar-refractivity contribution < 1.29 is 22.9 Å². The Kier molecular flexibility index (Phi) is 4.78. The van der Waals surface area contributed by atoms with Crippen LogP contribution in [0.5, 0.6) is 5.75 Å². The first-order valence-electron chi connectivity index (χ1n) is 7.64. The molecule has 0 amide bonds. The number of hydrogen-bond donors (Lipinski definition) is 0. The molecule has 5 nitrogen and oxygen atoms in total. The van der Waals surface area contributed by atoms with E-state index in [-0.39, 0.29) is 16.6 Å². The highest BCUT2D eigenvalue weighted by Crippen LogP contribution is 2.52. The summed E-state index contributed by atoms with van der Waals surface area (Å²) in [5, 5.41) is 0. The lowest BCUT2D eigenvalue weighted by Crippen LogP contribution is -2.34. The molecule has 0 spiro atoms. The first-order chi connectivity index (χ1) is 10.6. The summed E-state index contributed by atoms with van der Waals surface area (Å²) in [6, 6.07) is 3.65. The molecule has 0 heterocycles. The van der Waals surface area contributed by atoms with Crippen LogP contribution in [0.15, 0.2) is 12.1 Å². The summed E-state index contributed by atoms with van der Waals surface area (Å²) in [7, 11) is -1.22. The van der Waals surface area contributed by atoms with Crippen molar-refractivity contribution >= 4 is 14.1 Å². The fourth-order valence-corrected chi connectivity index (χ4v) is 3.75. The summed E-state index contributed by atoms with van der Waals surface area (Å²) in [5.74, 6) is 0.233. The Morgan fingerprint density at radius 1 is 1.00 bits per heavy atom. The van der Waals surface area contributed by atoms with Gasteiger partial charge in [-0.05, 0) is 46.9 Å². The van der Waals surface area contributed by atoms with E-state index in [0.29, 0.717) is 11.8 Å². The van der Waals surface area contributed by atoms with Crippen LogP contribution in [0.4, 0.5) is 0 Å². The fourth-order valence-electron chi connectivity index (χ4n) is 3.05. The van der Waals surface area contributed by atoms with Crippen molar-refractivity contribution in [1.29, 1.82) is 0 Å². The van der Waals surface area contributed by atoms with E-state index in [1.54, 1.807) is 0 Å². The third-order valence-corrected chi connectivity index (χ3v) is 6.08. The highest BCUT2D eigenvalue weighted by molar-refractivity contribution is 7.48. The number of phosphoric acid groups is 1. The van der Waals surface area contributed by atoms with Crippen molar-refractivity contribution in [2.24, 2.45) is 0 Å². The maximum atomic E-state index is 12.3. The number of fused-ring (bicyclic) bond motifs is 1. The summed E-state index contributed by atoms with van der Waals surface area (Å²) < 4.78 is 27.3. The monoisotopic (exact) mass is 340 g/mol. The molecule has 0 N–H and O–H groups in total. The highest BCUT2D eigenvalue weighted by Gasteiger charge is 2.38. The first-order valence-corrected chi connectivity index (χ1v) is 9.10. The van der Waals surface area contributed by atoms with Crippen LogP contribution in [0.2, 0.25) is 0 Å². The van der Waals surface area contributed by atoms with Crippen LogP contribution in [0.1, 0.15) is 62.0 Å². The Labute approximate surface area is 137 Å². The average Bonchev–Trinajstić information content (AvgIpc) is 2.51. The maximum Gasteiger partial charge on any atom is 0.529 e. The third-order valence-electron chi connectivity index (χ3n) is 4.77. The summed E-state index contributed by atoms with van der Waals surface area (Å²) in [5.41, 5.74) is 2.52. The summed E-state index contributed by atoms with van der Waals surface area (Å²) in [4.78, 5) is 11.5.